The molecule has 0 saturated carbocycles. The molecular weight excluding hydrogens is 225 g/mol. The normalized spacial score (nSPS) is 12.9. The van der Waals surface area contributed by atoms with E-state index in [2.05, 4.69) is 0 Å². The van der Waals surface area contributed by atoms with Crippen LogP contribution >= 0.6 is 0 Å². The maximum Gasteiger partial charge on any atom is 0.509 e. The van der Waals surface area contributed by atoms with Gasteiger partial charge in [-0.15, -0.1) is 5.46 Å². The highest BCUT2D eigenvalue weighted by atomic mass is 19.4. The molecule has 1 aromatic rings. The molecule has 0 saturated heterocycles. The molecule has 1 rings (SSSR count). The highest BCUT2D eigenvalue weighted by Gasteiger charge is 2.34. The van der Waals surface area contributed by atoms with Crippen LogP contribution in [0, 0.1) is 0 Å². The van der Waals surface area contributed by atoms with Crippen LogP contribution in [0.1, 0.15) is 5.56 Å². The SMILES string of the molecule is Oc1cc([B-](F)(F)F)cc(C(F)(F)F)c1. The summed E-state index contributed by atoms with van der Waals surface area (Å²) in [4.78, 5) is 0. The Morgan fingerprint density at radius 2 is 1.53 bits per heavy atom. The summed E-state index contributed by atoms with van der Waals surface area (Å²) >= 11 is 0. The Hall–Kier alpha value is -1.34. The quantitative estimate of drug-likeness (QED) is 0.579. The molecule has 0 bridgehead atoms. The molecule has 0 aliphatic carbocycles. The van der Waals surface area contributed by atoms with E-state index in [4.69, 9.17) is 5.11 Å². The second-order valence-corrected chi connectivity index (χ2v) is 2.89. The van der Waals surface area contributed by atoms with E-state index in [9.17, 15) is 26.1 Å². The highest BCUT2D eigenvalue weighted by molar-refractivity contribution is 6.73. The third-order valence-electron chi connectivity index (χ3n) is 1.65. The lowest BCUT2D eigenvalue weighted by Crippen LogP contribution is -2.34. The van der Waals surface area contributed by atoms with Gasteiger partial charge in [0.1, 0.15) is 5.75 Å². The molecule has 0 atom stereocenters. The average Bonchev–Trinajstić information content (AvgIpc) is 1.99. The van der Waals surface area contributed by atoms with Gasteiger partial charge in [-0.2, -0.15) is 13.2 Å². The van der Waals surface area contributed by atoms with Crippen LogP contribution in [0.25, 0.3) is 0 Å². The molecule has 0 spiro atoms. The third kappa shape index (κ3) is 2.80. The van der Waals surface area contributed by atoms with Gasteiger partial charge in [0.25, 0.3) is 0 Å². The van der Waals surface area contributed by atoms with Crippen molar-refractivity contribution in [3.8, 4) is 5.75 Å². The minimum absolute atomic E-state index is 0.0281. The number of hydrogen-bond donors (Lipinski definition) is 1. The van der Waals surface area contributed by atoms with Crippen LogP contribution in [0.2, 0.25) is 0 Å². The molecule has 0 aromatic heterocycles. The summed E-state index contributed by atoms with van der Waals surface area (Å²) in [6.07, 6.45) is -4.91. The van der Waals surface area contributed by atoms with Crippen molar-refractivity contribution in [3.05, 3.63) is 23.8 Å². The number of alkyl halides is 3. The number of hydrogen-bond acceptors (Lipinski definition) is 1. The zero-order chi connectivity index (χ0) is 11.9. The van der Waals surface area contributed by atoms with Crippen molar-refractivity contribution in [1.82, 2.24) is 0 Å². The predicted octanol–water partition coefficient (Wildman–Crippen LogP) is 2.47. The summed E-state index contributed by atoms with van der Waals surface area (Å²) in [5.41, 5.74) is -2.99. The molecule has 0 fully saturated rings. The molecular formula is C7H4BF6O-. The van der Waals surface area contributed by atoms with Gasteiger partial charge in [0.2, 0.25) is 0 Å². The molecule has 0 radical (unpaired) electrons. The Morgan fingerprint density at radius 1 is 1.00 bits per heavy atom. The monoisotopic (exact) mass is 229 g/mol. The van der Waals surface area contributed by atoms with Crippen molar-refractivity contribution in [2.45, 2.75) is 6.18 Å². The number of halogens is 6. The Bertz CT molecular complexity index is 336. The van der Waals surface area contributed by atoms with Gasteiger partial charge in [0, 0.05) is 0 Å². The van der Waals surface area contributed by atoms with E-state index < -0.39 is 29.9 Å². The van der Waals surface area contributed by atoms with E-state index in [1.54, 1.807) is 0 Å². The fraction of sp³-hybridized carbons (Fsp3) is 0.143. The molecule has 84 valence electrons. The maximum absolute atomic E-state index is 12.1. The number of benzene rings is 1. The van der Waals surface area contributed by atoms with E-state index in [0.717, 1.165) is 0 Å². The summed E-state index contributed by atoms with van der Waals surface area (Å²) in [7, 11) is 0. The summed E-state index contributed by atoms with van der Waals surface area (Å²) in [5.74, 6) is -1.06. The van der Waals surface area contributed by atoms with Crippen LogP contribution < -0.4 is 5.46 Å². The molecule has 1 aromatic carbocycles. The Balaban J connectivity index is 3.30. The molecule has 0 aliphatic heterocycles. The minimum Gasteiger partial charge on any atom is -0.508 e. The number of phenolic OH excluding ortho intramolecular Hbond substituents is 1. The second kappa shape index (κ2) is 3.35. The highest BCUT2D eigenvalue weighted by Crippen LogP contribution is 2.31. The first kappa shape index (κ1) is 11.7. The molecule has 0 unspecified atom stereocenters. The summed E-state index contributed by atoms with van der Waals surface area (Å²) in [6.45, 7) is -5.56. The summed E-state index contributed by atoms with van der Waals surface area (Å²) in [6, 6.07) is 0.472. The van der Waals surface area contributed by atoms with Gasteiger partial charge >= 0.3 is 13.2 Å². The Morgan fingerprint density at radius 3 is 1.93 bits per heavy atom. The van der Waals surface area contributed by atoms with E-state index >= 15 is 0 Å². The van der Waals surface area contributed by atoms with Crippen molar-refractivity contribution in [1.29, 1.82) is 0 Å². The fourth-order valence-electron chi connectivity index (χ4n) is 0.987. The zero-order valence-electron chi connectivity index (χ0n) is 7.02. The van der Waals surface area contributed by atoms with Gasteiger partial charge in [-0.1, -0.05) is 6.07 Å². The number of phenols is 1. The van der Waals surface area contributed by atoms with Crippen LogP contribution in [0.5, 0.6) is 5.75 Å². The lowest BCUT2D eigenvalue weighted by atomic mass is 9.79. The lowest BCUT2D eigenvalue weighted by molar-refractivity contribution is -0.137. The summed E-state index contributed by atoms with van der Waals surface area (Å²) in [5, 5.41) is 8.73. The second-order valence-electron chi connectivity index (χ2n) is 2.89. The van der Waals surface area contributed by atoms with Crippen LogP contribution in [0.3, 0.4) is 0 Å². The van der Waals surface area contributed by atoms with Crippen molar-refractivity contribution in [3.63, 3.8) is 0 Å². The largest absolute Gasteiger partial charge is 0.509 e. The van der Waals surface area contributed by atoms with E-state index in [0.29, 0.717) is 0 Å². The van der Waals surface area contributed by atoms with Crippen LogP contribution in [-0.4, -0.2) is 12.1 Å². The van der Waals surface area contributed by atoms with E-state index in [1.807, 2.05) is 0 Å². The molecule has 0 heterocycles. The van der Waals surface area contributed by atoms with Gasteiger partial charge in [0.05, 0.1) is 5.56 Å². The molecule has 1 N–H and O–H groups in total. The Labute approximate surface area is 80.4 Å². The average molecular weight is 229 g/mol. The zero-order valence-corrected chi connectivity index (χ0v) is 7.02. The van der Waals surface area contributed by atoms with Gasteiger partial charge in [-0.05, 0) is 12.1 Å². The van der Waals surface area contributed by atoms with Crippen molar-refractivity contribution >= 4 is 12.4 Å². The van der Waals surface area contributed by atoms with E-state index in [1.165, 1.54) is 0 Å². The predicted molar refractivity (Wildman–Crippen MR) is 41.8 cm³/mol. The molecule has 15 heavy (non-hydrogen) atoms. The topological polar surface area (TPSA) is 20.2 Å². The first-order valence-corrected chi connectivity index (χ1v) is 3.72. The molecule has 0 aliphatic rings. The summed E-state index contributed by atoms with van der Waals surface area (Å²) < 4.78 is 72.6. The first-order chi connectivity index (χ1) is 6.60. The van der Waals surface area contributed by atoms with Gasteiger partial charge < -0.3 is 18.1 Å². The fourth-order valence-corrected chi connectivity index (χ4v) is 0.987. The van der Waals surface area contributed by atoms with Crippen molar-refractivity contribution < 1.29 is 31.2 Å². The number of rotatable bonds is 1. The first-order valence-electron chi connectivity index (χ1n) is 3.72. The van der Waals surface area contributed by atoms with E-state index in [-0.39, 0.29) is 18.2 Å². The van der Waals surface area contributed by atoms with Gasteiger partial charge in [0.15, 0.2) is 0 Å². The van der Waals surface area contributed by atoms with Crippen LogP contribution in [-0.2, 0) is 6.18 Å². The maximum atomic E-state index is 12.1. The van der Waals surface area contributed by atoms with Crippen LogP contribution in [0.4, 0.5) is 26.1 Å². The van der Waals surface area contributed by atoms with Crippen molar-refractivity contribution in [2.24, 2.45) is 0 Å². The lowest BCUT2D eigenvalue weighted by Gasteiger charge is -2.17. The van der Waals surface area contributed by atoms with Crippen LogP contribution in [0.15, 0.2) is 18.2 Å². The molecule has 8 heteroatoms. The van der Waals surface area contributed by atoms with Gasteiger partial charge in [-0.3, -0.25) is 0 Å². The molecule has 0 amide bonds. The minimum atomic E-state index is -5.56. The Kier molecular flexibility index (Phi) is 2.63. The number of aromatic hydroxyl groups is 1. The van der Waals surface area contributed by atoms with Crippen molar-refractivity contribution in [2.75, 3.05) is 0 Å². The standard InChI is InChI=1S/C7H4BF6O/c9-7(10,11)4-1-5(8(12,13)14)3-6(15)2-4/h1-3,15H/q-1. The third-order valence-corrected chi connectivity index (χ3v) is 1.65. The van der Waals surface area contributed by atoms with Gasteiger partial charge in [-0.25, -0.2) is 0 Å². The smallest absolute Gasteiger partial charge is 0.508 e. The molecule has 1 nitrogen and oxygen atoms in total.